The van der Waals surface area contributed by atoms with Crippen molar-refractivity contribution in [2.24, 2.45) is 0 Å². The van der Waals surface area contributed by atoms with Gasteiger partial charge in [-0.25, -0.2) is 4.98 Å². The summed E-state index contributed by atoms with van der Waals surface area (Å²) < 4.78 is 30.5. The Balaban J connectivity index is 2.12. The smallest absolute Gasteiger partial charge is 0.289 e. The summed E-state index contributed by atoms with van der Waals surface area (Å²) in [6.45, 7) is 0. The Labute approximate surface area is 130 Å². The molecule has 0 bridgehead atoms. The first-order chi connectivity index (χ1) is 10.9. The van der Waals surface area contributed by atoms with Gasteiger partial charge in [-0.05, 0) is 30.3 Å². The number of aromatic nitrogens is 1. The number of fused-ring (bicyclic) bond motifs is 1. The van der Waals surface area contributed by atoms with Gasteiger partial charge in [-0.15, -0.1) is 0 Å². The summed E-state index contributed by atoms with van der Waals surface area (Å²) in [4.78, 5) is 16.0. The van der Waals surface area contributed by atoms with Crippen LogP contribution in [0.15, 0.2) is 41.6 Å². The highest BCUT2D eigenvalue weighted by Crippen LogP contribution is 2.35. The molecule has 0 unspecified atom stereocenters. The SMILES string of the molecule is COc1ccc(N2C(=O)c3cc(N([O-])O)cnc3S2(=O)=O)cc1. The van der Waals surface area contributed by atoms with Crippen molar-refractivity contribution < 1.29 is 23.2 Å². The lowest BCUT2D eigenvalue weighted by molar-refractivity contribution is 0.101. The molecule has 0 spiro atoms. The van der Waals surface area contributed by atoms with E-state index in [2.05, 4.69) is 4.98 Å². The van der Waals surface area contributed by atoms with Crippen molar-refractivity contribution in [3.8, 4) is 5.75 Å². The molecule has 2 heterocycles. The Bertz CT molecular complexity index is 879. The lowest BCUT2D eigenvalue weighted by atomic mass is 10.2. The van der Waals surface area contributed by atoms with Gasteiger partial charge >= 0.3 is 0 Å². The summed E-state index contributed by atoms with van der Waals surface area (Å²) in [5.41, 5.74) is -0.518. The molecular weight excluding hydrogens is 326 g/mol. The molecule has 23 heavy (non-hydrogen) atoms. The van der Waals surface area contributed by atoms with E-state index in [0.29, 0.717) is 10.1 Å². The fraction of sp³-hybridized carbons (Fsp3) is 0.0769. The minimum absolute atomic E-state index is 0.110. The quantitative estimate of drug-likeness (QED) is 0.827. The average Bonchev–Trinajstić information content (AvgIpc) is 2.74. The zero-order valence-electron chi connectivity index (χ0n) is 11.7. The summed E-state index contributed by atoms with van der Waals surface area (Å²) in [5, 5.41) is 18.8. The van der Waals surface area contributed by atoms with E-state index in [9.17, 15) is 18.4 Å². The van der Waals surface area contributed by atoms with Crippen LogP contribution in [0.5, 0.6) is 5.75 Å². The second-order valence-electron chi connectivity index (χ2n) is 4.59. The van der Waals surface area contributed by atoms with Gasteiger partial charge in [0.1, 0.15) is 5.75 Å². The van der Waals surface area contributed by atoms with Gasteiger partial charge in [0, 0.05) is 0 Å². The molecule has 0 saturated heterocycles. The number of hydrogen-bond acceptors (Lipinski definition) is 8. The first-order valence-corrected chi connectivity index (χ1v) is 7.70. The maximum absolute atomic E-state index is 12.5. The molecule has 120 valence electrons. The molecule has 0 aliphatic carbocycles. The average molecular weight is 336 g/mol. The lowest BCUT2D eigenvalue weighted by Crippen LogP contribution is -2.29. The van der Waals surface area contributed by atoms with Crippen molar-refractivity contribution in [3.63, 3.8) is 0 Å². The molecule has 0 saturated carbocycles. The number of amides is 1. The Hall–Kier alpha value is -2.69. The van der Waals surface area contributed by atoms with Crippen LogP contribution in [0.4, 0.5) is 11.4 Å². The number of benzene rings is 1. The van der Waals surface area contributed by atoms with Gasteiger partial charge in [-0.2, -0.15) is 12.7 Å². The van der Waals surface area contributed by atoms with E-state index in [0.717, 1.165) is 12.3 Å². The minimum Gasteiger partial charge on any atom is -0.733 e. The molecule has 1 aliphatic heterocycles. The summed E-state index contributed by atoms with van der Waals surface area (Å²) in [6.07, 6.45) is 0.869. The highest BCUT2D eigenvalue weighted by molar-refractivity contribution is 7.94. The van der Waals surface area contributed by atoms with Gasteiger partial charge in [0.2, 0.25) is 0 Å². The van der Waals surface area contributed by atoms with Crippen LogP contribution in [-0.2, 0) is 10.0 Å². The normalized spacial score (nSPS) is 15.4. The maximum Gasteiger partial charge on any atom is 0.289 e. The zero-order valence-corrected chi connectivity index (χ0v) is 12.5. The number of anilines is 2. The van der Waals surface area contributed by atoms with E-state index in [-0.39, 0.29) is 16.9 Å². The molecule has 0 atom stereocenters. The summed E-state index contributed by atoms with van der Waals surface area (Å²) in [7, 11) is -2.73. The Kier molecular flexibility index (Phi) is 3.43. The fourth-order valence-corrected chi connectivity index (χ4v) is 3.68. The summed E-state index contributed by atoms with van der Waals surface area (Å²) in [5.74, 6) is -0.362. The van der Waals surface area contributed by atoms with E-state index in [1.54, 1.807) is 0 Å². The van der Waals surface area contributed by atoms with E-state index in [1.807, 2.05) is 0 Å². The van der Waals surface area contributed by atoms with E-state index in [1.165, 1.54) is 31.4 Å². The number of hydrogen-bond donors (Lipinski definition) is 1. The molecule has 0 radical (unpaired) electrons. The van der Waals surface area contributed by atoms with Crippen LogP contribution in [0.2, 0.25) is 0 Å². The minimum atomic E-state index is -4.18. The first kappa shape index (κ1) is 15.2. The molecule has 1 N–H and O–H groups in total. The van der Waals surface area contributed by atoms with Gasteiger partial charge in [0.05, 0.1) is 30.2 Å². The second-order valence-corrected chi connectivity index (χ2v) is 6.29. The van der Waals surface area contributed by atoms with Crippen LogP contribution < -0.4 is 14.3 Å². The zero-order chi connectivity index (χ0) is 16.8. The van der Waals surface area contributed by atoms with Crippen molar-refractivity contribution in [3.05, 3.63) is 47.3 Å². The monoisotopic (exact) mass is 336 g/mol. The third-order valence-electron chi connectivity index (χ3n) is 3.26. The van der Waals surface area contributed by atoms with E-state index in [4.69, 9.17) is 9.94 Å². The van der Waals surface area contributed by atoms with Crippen LogP contribution in [0.25, 0.3) is 0 Å². The molecular formula is C13H10N3O6S-. The molecule has 1 aromatic heterocycles. The van der Waals surface area contributed by atoms with E-state index >= 15 is 0 Å². The predicted molar refractivity (Wildman–Crippen MR) is 78.9 cm³/mol. The second kappa shape index (κ2) is 5.19. The van der Waals surface area contributed by atoms with Crippen molar-refractivity contribution >= 4 is 27.3 Å². The van der Waals surface area contributed by atoms with Crippen LogP contribution in [0.1, 0.15) is 10.4 Å². The largest absolute Gasteiger partial charge is 0.733 e. The molecule has 1 aliphatic rings. The number of ether oxygens (including phenoxy) is 1. The van der Waals surface area contributed by atoms with Crippen LogP contribution in [0, 0.1) is 5.21 Å². The van der Waals surface area contributed by atoms with Crippen molar-refractivity contribution in [1.82, 2.24) is 4.98 Å². The van der Waals surface area contributed by atoms with Gasteiger partial charge in [0.15, 0.2) is 5.03 Å². The topological polar surface area (TPSA) is 123 Å². The van der Waals surface area contributed by atoms with E-state index < -0.39 is 26.2 Å². The van der Waals surface area contributed by atoms with Gasteiger partial charge in [-0.1, -0.05) is 0 Å². The maximum atomic E-state index is 12.5. The third-order valence-corrected chi connectivity index (χ3v) is 4.94. The lowest BCUT2D eigenvalue weighted by Gasteiger charge is -2.20. The highest BCUT2D eigenvalue weighted by atomic mass is 32.2. The number of rotatable bonds is 3. The van der Waals surface area contributed by atoms with Crippen LogP contribution in [-0.4, -0.2) is 31.6 Å². The standard InChI is InChI=1S/C13H10N3O6S/c1-22-10-4-2-8(3-5-10)15-13(17)11-6-9(16(18)19)7-14-12(11)23(15,20)21/h2-7,18H,1H3/q-1. The Morgan fingerprint density at radius 1 is 1.30 bits per heavy atom. The molecule has 2 aromatic rings. The number of pyridine rings is 1. The van der Waals surface area contributed by atoms with Crippen LogP contribution in [0.3, 0.4) is 0 Å². The number of methoxy groups -OCH3 is 1. The number of carbonyl (C=O) groups is 1. The van der Waals surface area contributed by atoms with Crippen molar-refractivity contribution in [2.45, 2.75) is 5.03 Å². The summed E-state index contributed by atoms with van der Waals surface area (Å²) >= 11 is 0. The first-order valence-electron chi connectivity index (χ1n) is 6.26. The predicted octanol–water partition coefficient (Wildman–Crippen LogP) is 1.13. The molecule has 0 fully saturated rings. The highest BCUT2D eigenvalue weighted by Gasteiger charge is 2.44. The fourth-order valence-electron chi connectivity index (χ4n) is 2.18. The number of carbonyl (C=O) groups excluding carboxylic acids is 1. The molecule has 1 aromatic carbocycles. The van der Waals surface area contributed by atoms with Gasteiger partial charge < -0.3 is 15.2 Å². The Morgan fingerprint density at radius 3 is 2.52 bits per heavy atom. The van der Waals surface area contributed by atoms with Gasteiger partial charge in [-0.3, -0.25) is 10.0 Å². The molecule has 9 nitrogen and oxygen atoms in total. The molecule has 1 amide bonds. The summed E-state index contributed by atoms with van der Waals surface area (Å²) in [6, 6.07) is 6.80. The number of nitrogens with zero attached hydrogens (tertiary/aromatic N) is 3. The van der Waals surface area contributed by atoms with Crippen LogP contribution >= 0.6 is 0 Å². The molecule has 10 heteroatoms. The van der Waals surface area contributed by atoms with Crippen molar-refractivity contribution in [1.29, 1.82) is 0 Å². The Morgan fingerprint density at radius 2 is 1.96 bits per heavy atom. The number of sulfonamides is 1. The van der Waals surface area contributed by atoms with Gasteiger partial charge in [0.25, 0.3) is 15.9 Å². The molecule has 3 rings (SSSR count). The third kappa shape index (κ3) is 2.29. The van der Waals surface area contributed by atoms with Crippen molar-refractivity contribution in [2.75, 3.05) is 16.6 Å².